The Balaban J connectivity index is 1.07. The molecule has 5 aromatic carbocycles. The average molecular weight is 852 g/mol. The summed E-state index contributed by atoms with van der Waals surface area (Å²) in [6, 6.07) is 40.0. The van der Waals surface area contributed by atoms with Crippen molar-refractivity contribution in [3.63, 3.8) is 0 Å². The molecule has 0 spiro atoms. The molecule has 1 N–H and O–H groups in total. The summed E-state index contributed by atoms with van der Waals surface area (Å²) < 4.78 is 12.8. The number of nitrogens with one attached hydrogen (secondary N) is 1. The van der Waals surface area contributed by atoms with Crippen LogP contribution in [0.25, 0.3) is 50.6 Å². The fraction of sp³-hybridized carbons (Fsp3) is 0.241. The van der Waals surface area contributed by atoms with Gasteiger partial charge in [0.1, 0.15) is 34.2 Å². The largest absolute Gasteiger partial charge is 0.460 e. The second-order valence-corrected chi connectivity index (χ2v) is 19.0. The Labute approximate surface area is 380 Å². The van der Waals surface area contributed by atoms with Crippen LogP contribution in [0.1, 0.15) is 112 Å². The molecule has 0 amide bonds. The van der Waals surface area contributed by atoms with E-state index in [4.69, 9.17) is 18.8 Å². The van der Waals surface area contributed by atoms with E-state index in [0.717, 1.165) is 104 Å². The third-order valence-corrected chi connectivity index (χ3v) is 14.0. The third kappa shape index (κ3) is 6.46. The van der Waals surface area contributed by atoms with Gasteiger partial charge in [-0.2, -0.15) is 0 Å². The molecule has 0 radical (unpaired) electrons. The van der Waals surface area contributed by atoms with Gasteiger partial charge >= 0.3 is 0 Å². The molecule has 4 aliphatic rings. The second kappa shape index (κ2) is 15.3. The van der Waals surface area contributed by atoms with E-state index in [1.165, 1.54) is 39.2 Å². The molecule has 4 heterocycles. The summed E-state index contributed by atoms with van der Waals surface area (Å²) in [6.45, 7) is 14.0. The van der Waals surface area contributed by atoms with Gasteiger partial charge in [-0.1, -0.05) is 102 Å². The quantitative estimate of drug-likeness (QED) is 0.155. The van der Waals surface area contributed by atoms with Crippen molar-refractivity contribution < 1.29 is 8.83 Å². The van der Waals surface area contributed by atoms with E-state index in [2.05, 4.69) is 184 Å². The van der Waals surface area contributed by atoms with Crippen molar-refractivity contribution in [2.45, 2.75) is 78.6 Å². The third-order valence-electron chi connectivity index (χ3n) is 14.0. The minimum Gasteiger partial charge on any atom is -0.460 e. The van der Waals surface area contributed by atoms with Crippen LogP contribution in [0.4, 0.5) is 28.6 Å². The Kier molecular flexibility index (Phi) is 9.27. The van der Waals surface area contributed by atoms with E-state index in [0.29, 0.717) is 18.4 Å². The van der Waals surface area contributed by atoms with Gasteiger partial charge in [0.05, 0.1) is 5.69 Å². The minimum atomic E-state index is 0.0239. The van der Waals surface area contributed by atoms with Gasteiger partial charge in [-0.25, -0.2) is 9.97 Å². The van der Waals surface area contributed by atoms with E-state index >= 15 is 0 Å². The van der Waals surface area contributed by atoms with E-state index < -0.39 is 0 Å². The number of anilines is 5. The van der Waals surface area contributed by atoms with Crippen molar-refractivity contribution >= 4 is 79.2 Å². The zero-order valence-electron chi connectivity index (χ0n) is 37.9. The maximum absolute atomic E-state index is 6.44. The molecule has 0 fully saturated rings. The molecule has 65 heavy (non-hydrogen) atoms. The first-order valence-electron chi connectivity index (χ1n) is 23.4. The summed E-state index contributed by atoms with van der Waals surface area (Å²) in [5, 5.41) is 7.20. The van der Waals surface area contributed by atoms with Gasteiger partial charge in [-0.05, 0) is 120 Å². The molecule has 0 saturated heterocycles. The smallest absolute Gasteiger partial charge is 0.138 e. The molecular weight excluding hydrogens is 799 g/mol. The molecule has 12 rings (SSSR count). The lowest BCUT2D eigenvalue weighted by molar-refractivity contribution is 0.546. The summed E-state index contributed by atoms with van der Waals surface area (Å²) in [6.07, 6.45) is 12.1. The van der Waals surface area contributed by atoms with Crippen molar-refractivity contribution in [1.82, 2.24) is 9.97 Å². The van der Waals surface area contributed by atoms with Crippen molar-refractivity contribution in [3.8, 4) is 0 Å². The van der Waals surface area contributed by atoms with Gasteiger partial charge in [-0.15, -0.1) is 0 Å². The zero-order valence-corrected chi connectivity index (χ0v) is 37.9. The first-order chi connectivity index (χ1) is 31.7. The van der Waals surface area contributed by atoms with Crippen LogP contribution < -0.4 is 15.1 Å². The van der Waals surface area contributed by atoms with Crippen LogP contribution >= 0.6 is 0 Å². The number of fused-ring (bicyclic) bond motifs is 6. The van der Waals surface area contributed by atoms with Crippen LogP contribution in [-0.2, 0) is 6.42 Å². The molecular formula is C58H53N5O2. The van der Waals surface area contributed by atoms with Gasteiger partial charge < -0.3 is 24.0 Å². The number of aromatic nitrogens is 2. The summed E-state index contributed by atoms with van der Waals surface area (Å²) in [7, 11) is 0. The number of rotatable bonds is 9. The Bertz CT molecular complexity index is 3340. The van der Waals surface area contributed by atoms with Gasteiger partial charge in [-0.3, -0.25) is 0 Å². The van der Waals surface area contributed by atoms with Gasteiger partial charge in [0, 0.05) is 86.2 Å². The number of hydrogen-bond acceptors (Lipinski definition) is 7. The van der Waals surface area contributed by atoms with E-state index in [1.807, 2.05) is 6.07 Å². The molecule has 0 bridgehead atoms. The highest BCUT2D eigenvalue weighted by Crippen LogP contribution is 2.54. The number of nitrogens with zero attached hydrogens (tertiary/aromatic N) is 4. The Morgan fingerprint density at radius 2 is 1.29 bits per heavy atom. The zero-order chi connectivity index (χ0) is 44.1. The Morgan fingerprint density at radius 3 is 2.02 bits per heavy atom. The topological polar surface area (TPSA) is 70.6 Å². The molecule has 3 aliphatic carbocycles. The second-order valence-electron chi connectivity index (χ2n) is 19.0. The summed E-state index contributed by atoms with van der Waals surface area (Å²) >= 11 is 0. The summed E-state index contributed by atoms with van der Waals surface area (Å²) in [5.41, 5.74) is 17.9. The lowest BCUT2D eigenvalue weighted by Gasteiger charge is -2.43. The summed E-state index contributed by atoms with van der Waals surface area (Å²) in [5.74, 6) is 3.86. The number of aryl methyl sites for hydroxylation is 1. The maximum Gasteiger partial charge on any atom is 0.138 e. The molecule has 322 valence electrons. The Hall–Kier alpha value is -7.12. The van der Waals surface area contributed by atoms with Crippen molar-refractivity contribution in [3.05, 3.63) is 178 Å². The van der Waals surface area contributed by atoms with Crippen LogP contribution in [0.2, 0.25) is 0 Å². The lowest BCUT2D eigenvalue weighted by Crippen LogP contribution is -2.35. The maximum atomic E-state index is 6.44. The number of benzene rings is 5. The molecule has 7 nitrogen and oxygen atoms in total. The average Bonchev–Trinajstić information content (AvgIpc) is 3.89. The number of hydrogen-bond donors (Lipinski definition) is 1. The SMILES string of the molecule is CC(C)c1ccc(N(C2=CCC3C(N(c4ccc(C(C)C)cc4)c4ccc5oc6ccccc6c5c4)=Cc4nc(C(C)C)nc5c4C3=C2CN5)c2ccc3oc4c(c3c2)C=CCC4)cc1. The lowest BCUT2D eigenvalue weighted by atomic mass is 9.73. The molecule has 8 aromatic rings. The fourth-order valence-electron chi connectivity index (χ4n) is 10.5. The van der Waals surface area contributed by atoms with E-state index in [-0.39, 0.29) is 11.8 Å². The van der Waals surface area contributed by atoms with E-state index in [1.54, 1.807) is 0 Å². The van der Waals surface area contributed by atoms with Crippen LogP contribution in [0.15, 0.2) is 147 Å². The van der Waals surface area contributed by atoms with Crippen molar-refractivity contribution in [2.75, 3.05) is 21.7 Å². The molecule has 1 unspecified atom stereocenters. The molecule has 0 saturated carbocycles. The highest BCUT2D eigenvalue weighted by atomic mass is 16.3. The van der Waals surface area contributed by atoms with Gasteiger partial charge in [0.2, 0.25) is 0 Å². The van der Waals surface area contributed by atoms with Crippen molar-refractivity contribution in [2.24, 2.45) is 5.92 Å². The fourth-order valence-corrected chi connectivity index (χ4v) is 10.5. The first-order valence-corrected chi connectivity index (χ1v) is 23.4. The number of furan rings is 2. The van der Waals surface area contributed by atoms with Crippen LogP contribution in [0.5, 0.6) is 0 Å². The predicted molar refractivity (Wildman–Crippen MR) is 268 cm³/mol. The highest BCUT2D eigenvalue weighted by Gasteiger charge is 2.41. The minimum absolute atomic E-state index is 0.0239. The number of para-hydroxylation sites is 1. The standard InChI is InChI=1S/C58H53N5O2/c1-33(2)36-15-19-38(20-16-36)62(40-23-27-53-45(29-40)42-11-7-9-13-51(42)64-53)49-26-25-44-50(31-48-56-55(44)47(49)32-59-58(56)61-57(60-48)35(5)6)63(39-21-17-37(18-22-39)34(3)4)41-24-28-54-46(30-41)43-12-8-10-14-52(43)65-54/h7-8,10-12,14-24,26-31,33-35,44H,9,13,25,32H2,1-6H3,(H,59,60,61). The molecule has 1 aliphatic heterocycles. The van der Waals surface area contributed by atoms with Crippen LogP contribution in [0, 0.1) is 5.92 Å². The van der Waals surface area contributed by atoms with Gasteiger partial charge in [0.25, 0.3) is 0 Å². The highest BCUT2D eigenvalue weighted by molar-refractivity contribution is 6.07. The monoisotopic (exact) mass is 851 g/mol. The first kappa shape index (κ1) is 39.5. The van der Waals surface area contributed by atoms with Gasteiger partial charge in [0.15, 0.2) is 0 Å². The molecule has 1 atom stereocenters. The number of allylic oxidation sites excluding steroid dienone is 3. The van der Waals surface area contributed by atoms with E-state index in [9.17, 15) is 0 Å². The predicted octanol–water partition coefficient (Wildman–Crippen LogP) is 15.6. The molecule has 3 aromatic heterocycles. The normalized spacial score (nSPS) is 16.4. The van der Waals surface area contributed by atoms with Crippen LogP contribution in [-0.4, -0.2) is 16.5 Å². The Morgan fingerprint density at radius 1 is 0.646 bits per heavy atom. The van der Waals surface area contributed by atoms with Crippen LogP contribution in [0.3, 0.4) is 0 Å². The van der Waals surface area contributed by atoms with Crippen molar-refractivity contribution in [1.29, 1.82) is 0 Å². The summed E-state index contributed by atoms with van der Waals surface area (Å²) in [4.78, 5) is 15.6. The molecule has 7 heteroatoms.